The van der Waals surface area contributed by atoms with Crippen LogP contribution < -0.4 is 5.32 Å². The largest absolute Gasteiger partial charge is 0.304 e. The molecule has 0 saturated heterocycles. The molecule has 124 valence electrons. The molecule has 0 aliphatic heterocycles. The van der Waals surface area contributed by atoms with Gasteiger partial charge in [0.1, 0.15) is 0 Å². The molecule has 2 heterocycles. The number of aromatic nitrogens is 1. The monoisotopic (exact) mass is 344 g/mol. The zero-order chi connectivity index (χ0) is 16.9. The lowest BCUT2D eigenvalue weighted by molar-refractivity contribution is 0.497. The topological polar surface area (TPSA) is 24.9 Å². The first-order chi connectivity index (χ1) is 11.6. The van der Waals surface area contributed by atoms with Gasteiger partial charge in [-0.05, 0) is 65.1 Å². The molecule has 5 heteroatoms. The molecular formula is C19H18F2N2S. The Hall–Kier alpha value is -2.11. The first-order valence-electron chi connectivity index (χ1n) is 7.73. The van der Waals surface area contributed by atoms with E-state index in [2.05, 4.69) is 21.7 Å². The van der Waals surface area contributed by atoms with Crippen LogP contribution in [0.25, 0.3) is 0 Å². The summed E-state index contributed by atoms with van der Waals surface area (Å²) in [7, 11) is 0. The van der Waals surface area contributed by atoms with Crippen LogP contribution in [-0.2, 0) is 13.0 Å². The second-order valence-corrected chi connectivity index (χ2v) is 6.56. The molecule has 0 radical (unpaired) electrons. The van der Waals surface area contributed by atoms with Crippen LogP contribution in [0.4, 0.5) is 8.78 Å². The zero-order valence-corrected chi connectivity index (χ0v) is 14.1. The average molecular weight is 344 g/mol. The Morgan fingerprint density at radius 2 is 1.96 bits per heavy atom. The highest BCUT2D eigenvalue weighted by Gasteiger charge is 2.14. The maximum absolute atomic E-state index is 13.4. The Morgan fingerprint density at radius 3 is 2.62 bits per heavy atom. The standard InChI is InChI=1S/C19H18F2N2S/c1-13-2-5-18(22-10-13)19(9-15-6-7-24-12-15)23-11-14-3-4-16(20)17(21)8-14/h2-8,10,12,19,23H,9,11H2,1H3/t19-/m1/s1. The van der Waals surface area contributed by atoms with E-state index in [4.69, 9.17) is 0 Å². The second-order valence-electron chi connectivity index (χ2n) is 5.78. The molecule has 0 bridgehead atoms. The smallest absolute Gasteiger partial charge is 0.159 e. The highest BCUT2D eigenvalue weighted by atomic mass is 32.1. The van der Waals surface area contributed by atoms with Crippen molar-refractivity contribution in [2.75, 3.05) is 0 Å². The van der Waals surface area contributed by atoms with Crippen molar-refractivity contribution in [2.24, 2.45) is 0 Å². The summed E-state index contributed by atoms with van der Waals surface area (Å²) in [5.74, 6) is -1.65. The zero-order valence-electron chi connectivity index (χ0n) is 13.3. The number of thiophene rings is 1. The van der Waals surface area contributed by atoms with Gasteiger partial charge in [0.15, 0.2) is 11.6 Å². The van der Waals surface area contributed by atoms with Crippen LogP contribution in [0.3, 0.4) is 0 Å². The number of nitrogens with zero attached hydrogens (tertiary/aromatic N) is 1. The molecule has 0 unspecified atom stereocenters. The van der Waals surface area contributed by atoms with Crippen molar-refractivity contribution < 1.29 is 8.78 Å². The van der Waals surface area contributed by atoms with Gasteiger partial charge in [-0.1, -0.05) is 12.1 Å². The predicted molar refractivity (Wildman–Crippen MR) is 92.9 cm³/mol. The number of aryl methyl sites for hydroxylation is 1. The second kappa shape index (κ2) is 7.64. The maximum atomic E-state index is 13.4. The lowest BCUT2D eigenvalue weighted by atomic mass is 10.0. The van der Waals surface area contributed by atoms with Gasteiger partial charge in [-0.25, -0.2) is 8.78 Å². The Labute approximate surface area is 144 Å². The molecule has 24 heavy (non-hydrogen) atoms. The van der Waals surface area contributed by atoms with Gasteiger partial charge in [0.25, 0.3) is 0 Å². The summed E-state index contributed by atoms with van der Waals surface area (Å²) in [4.78, 5) is 4.51. The van der Waals surface area contributed by atoms with Crippen molar-refractivity contribution in [3.63, 3.8) is 0 Å². The summed E-state index contributed by atoms with van der Waals surface area (Å²) in [6.45, 7) is 2.45. The maximum Gasteiger partial charge on any atom is 0.159 e. The molecule has 1 N–H and O–H groups in total. The summed E-state index contributed by atoms with van der Waals surface area (Å²) in [6.07, 6.45) is 2.64. The normalized spacial score (nSPS) is 12.3. The van der Waals surface area contributed by atoms with Gasteiger partial charge in [0, 0.05) is 12.7 Å². The van der Waals surface area contributed by atoms with Crippen molar-refractivity contribution in [3.05, 3.63) is 87.4 Å². The summed E-state index contributed by atoms with van der Waals surface area (Å²) < 4.78 is 26.4. The Bertz CT molecular complexity index is 786. The number of rotatable bonds is 6. The van der Waals surface area contributed by atoms with Gasteiger partial charge in [-0.15, -0.1) is 0 Å². The summed E-state index contributed by atoms with van der Waals surface area (Å²) >= 11 is 1.66. The Balaban J connectivity index is 1.76. The predicted octanol–water partition coefficient (Wildman–Crippen LogP) is 4.80. The van der Waals surface area contributed by atoms with Crippen LogP contribution in [0.5, 0.6) is 0 Å². The highest BCUT2D eigenvalue weighted by Crippen LogP contribution is 2.20. The van der Waals surface area contributed by atoms with E-state index in [1.165, 1.54) is 11.6 Å². The summed E-state index contributed by atoms with van der Waals surface area (Å²) in [5, 5.41) is 7.57. The number of halogens is 2. The van der Waals surface area contributed by atoms with E-state index in [0.29, 0.717) is 12.1 Å². The molecule has 0 fully saturated rings. The minimum absolute atomic E-state index is 0.00770. The SMILES string of the molecule is Cc1ccc([C@@H](Cc2ccsc2)NCc2ccc(F)c(F)c2)nc1. The third-order valence-electron chi connectivity index (χ3n) is 3.85. The lowest BCUT2D eigenvalue weighted by Crippen LogP contribution is -2.24. The third kappa shape index (κ3) is 4.24. The highest BCUT2D eigenvalue weighted by molar-refractivity contribution is 7.07. The molecule has 1 aromatic carbocycles. The number of nitrogens with one attached hydrogen (secondary N) is 1. The fraction of sp³-hybridized carbons (Fsp3) is 0.211. The van der Waals surface area contributed by atoms with Gasteiger partial charge in [0.05, 0.1) is 11.7 Å². The van der Waals surface area contributed by atoms with Crippen molar-refractivity contribution in [2.45, 2.75) is 25.9 Å². The molecule has 0 aliphatic carbocycles. The first kappa shape index (κ1) is 16.7. The number of benzene rings is 1. The van der Waals surface area contributed by atoms with Crippen molar-refractivity contribution in [3.8, 4) is 0 Å². The molecule has 3 aromatic rings. The van der Waals surface area contributed by atoms with Crippen LogP contribution in [0.15, 0.2) is 53.4 Å². The van der Waals surface area contributed by atoms with E-state index in [1.54, 1.807) is 17.4 Å². The summed E-state index contributed by atoms with van der Waals surface area (Å²) in [6, 6.07) is 10.1. The Kier molecular flexibility index (Phi) is 5.33. The van der Waals surface area contributed by atoms with Gasteiger partial charge in [-0.3, -0.25) is 4.98 Å². The van der Waals surface area contributed by atoms with E-state index in [9.17, 15) is 8.78 Å². The van der Waals surface area contributed by atoms with E-state index in [0.717, 1.165) is 23.7 Å². The third-order valence-corrected chi connectivity index (χ3v) is 4.58. The van der Waals surface area contributed by atoms with Crippen LogP contribution in [0, 0.1) is 18.6 Å². The number of hydrogen-bond donors (Lipinski definition) is 1. The molecule has 1 atom stereocenters. The summed E-state index contributed by atoms with van der Waals surface area (Å²) in [5.41, 5.74) is 3.98. The Morgan fingerprint density at radius 1 is 1.08 bits per heavy atom. The molecular weight excluding hydrogens is 326 g/mol. The van der Waals surface area contributed by atoms with Crippen LogP contribution in [0.1, 0.15) is 28.4 Å². The van der Waals surface area contributed by atoms with Gasteiger partial charge >= 0.3 is 0 Å². The molecule has 0 amide bonds. The van der Waals surface area contributed by atoms with Crippen molar-refractivity contribution in [1.82, 2.24) is 10.3 Å². The lowest BCUT2D eigenvalue weighted by Gasteiger charge is -2.18. The van der Waals surface area contributed by atoms with Crippen molar-refractivity contribution >= 4 is 11.3 Å². The molecule has 0 aliphatic rings. The minimum atomic E-state index is -0.825. The number of pyridine rings is 1. The molecule has 2 nitrogen and oxygen atoms in total. The fourth-order valence-electron chi connectivity index (χ4n) is 2.50. The quantitative estimate of drug-likeness (QED) is 0.694. The molecule has 3 rings (SSSR count). The molecule has 2 aromatic heterocycles. The minimum Gasteiger partial charge on any atom is -0.304 e. The van der Waals surface area contributed by atoms with E-state index < -0.39 is 11.6 Å². The average Bonchev–Trinajstić information content (AvgIpc) is 3.08. The van der Waals surface area contributed by atoms with Crippen LogP contribution in [-0.4, -0.2) is 4.98 Å². The van der Waals surface area contributed by atoms with Gasteiger partial charge in [-0.2, -0.15) is 11.3 Å². The fourth-order valence-corrected chi connectivity index (χ4v) is 3.18. The molecule has 0 saturated carbocycles. The van der Waals surface area contributed by atoms with Crippen LogP contribution >= 0.6 is 11.3 Å². The van der Waals surface area contributed by atoms with Gasteiger partial charge in [0.2, 0.25) is 0 Å². The van der Waals surface area contributed by atoms with Crippen LogP contribution in [0.2, 0.25) is 0 Å². The number of hydrogen-bond acceptors (Lipinski definition) is 3. The van der Waals surface area contributed by atoms with E-state index >= 15 is 0 Å². The molecule has 0 spiro atoms. The van der Waals surface area contributed by atoms with Gasteiger partial charge < -0.3 is 5.32 Å². The first-order valence-corrected chi connectivity index (χ1v) is 8.67. The van der Waals surface area contributed by atoms with E-state index in [1.807, 2.05) is 30.6 Å². The van der Waals surface area contributed by atoms with E-state index in [-0.39, 0.29) is 6.04 Å². The van der Waals surface area contributed by atoms with Crippen molar-refractivity contribution in [1.29, 1.82) is 0 Å².